The first kappa shape index (κ1) is 31.9. The highest BCUT2D eigenvalue weighted by atomic mass is 16.7. The molecule has 1 saturated carbocycles. The zero-order valence-electron chi connectivity index (χ0n) is 24.9. The lowest BCUT2D eigenvalue weighted by Gasteiger charge is -2.39. The molecule has 2 aromatic carbocycles. The van der Waals surface area contributed by atoms with Crippen LogP contribution < -0.4 is 10.6 Å². The molecule has 0 radical (unpaired) electrons. The Morgan fingerprint density at radius 3 is 2.55 bits per heavy atom. The number of carbonyl (C=O) groups excluding carboxylic acids is 2. The van der Waals surface area contributed by atoms with Gasteiger partial charge in [0.1, 0.15) is 0 Å². The molecule has 42 heavy (non-hydrogen) atoms. The molecule has 228 valence electrons. The zero-order valence-corrected chi connectivity index (χ0v) is 24.9. The molecule has 2 aromatic rings. The summed E-state index contributed by atoms with van der Waals surface area (Å²) in [7, 11) is 0. The van der Waals surface area contributed by atoms with Gasteiger partial charge < -0.3 is 25.2 Å². The van der Waals surface area contributed by atoms with Gasteiger partial charge in [-0.3, -0.25) is 14.5 Å². The number of ether oxygens (including phenoxy) is 2. The predicted octanol–water partition coefficient (Wildman–Crippen LogP) is 5.79. The van der Waals surface area contributed by atoms with E-state index < -0.39 is 6.29 Å². The maximum atomic E-state index is 12.6. The summed E-state index contributed by atoms with van der Waals surface area (Å²) in [5, 5.41) is 15.3. The number of anilines is 1. The molecule has 3 N–H and O–H groups in total. The Morgan fingerprint density at radius 2 is 1.83 bits per heavy atom. The van der Waals surface area contributed by atoms with Crippen molar-refractivity contribution in [1.29, 1.82) is 0 Å². The number of benzene rings is 2. The lowest BCUT2D eigenvalue weighted by Crippen LogP contribution is -2.43. The molecule has 4 rings (SSSR count). The molecule has 0 spiro atoms. The van der Waals surface area contributed by atoms with Gasteiger partial charge in [-0.15, -0.1) is 6.58 Å². The van der Waals surface area contributed by atoms with Crippen molar-refractivity contribution in [3.63, 3.8) is 0 Å². The molecule has 2 amide bonds. The van der Waals surface area contributed by atoms with Gasteiger partial charge in [0.2, 0.25) is 11.8 Å². The predicted molar refractivity (Wildman–Crippen MR) is 165 cm³/mol. The number of unbranched alkanes of at least 4 members (excludes halogenated alkanes) is 2. The minimum absolute atomic E-state index is 0.00759. The van der Waals surface area contributed by atoms with E-state index in [2.05, 4.69) is 22.1 Å². The van der Waals surface area contributed by atoms with Crippen LogP contribution >= 0.6 is 0 Å². The first-order valence-corrected chi connectivity index (χ1v) is 15.4. The number of carbonyl (C=O) groups is 2. The fourth-order valence-corrected chi connectivity index (χ4v) is 5.94. The van der Waals surface area contributed by atoms with Gasteiger partial charge >= 0.3 is 0 Å². The molecule has 8 nitrogen and oxygen atoms in total. The summed E-state index contributed by atoms with van der Waals surface area (Å²) in [5.74, 6) is -0.0628. The number of aliphatic hydroxyl groups is 1. The number of rotatable bonds is 15. The van der Waals surface area contributed by atoms with E-state index >= 15 is 0 Å². The molecular weight excluding hydrogens is 530 g/mol. The first-order chi connectivity index (χ1) is 20.4. The Morgan fingerprint density at radius 1 is 1.05 bits per heavy atom. The summed E-state index contributed by atoms with van der Waals surface area (Å²) < 4.78 is 13.1. The minimum Gasteiger partial charge on any atom is -0.392 e. The summed E-state index contributed by atoms with van der Waals surface area (Å²) in [4.78, 5) is 26.1. The fourth-order valence-electron chi connectivity index (χ4n) is 5.94. The van der Waals surface area contributed by atoms with Crippen LogP contribution in [0.2, 0.25) is 0 Å². The number of nitrogens with one attached hydrogen (secondary N) is 2. The number of hydrogen-bond acceptors (Lipinski definition) is 6. The molecule has 1 aliphatic heterocycles. The highest BCUT2D eigenvalue weighted by molar-refractivity contribution is 5.90. The molecule has 8 heteroatoms. The molecule has 3 atom stereocenters. The summed E-state index contributed by atoms with van der Waals surface area (Å²) in [6.45, 7) is 7.80. The van der Waals surface area contributed by atoms with Crippen LogP contribution in [0.1, 0.15) is 93.8 Å². The highest BCUT2D eigenvalue weighted by Crippen LogP contribution is 2.39. The largest absolute Gasteiger partial charge is 0.392 e. The monoisotopic (exact) mass is 577 g/mol. The van der Waals surface area contributed by atoms with Crippen LogP contribution in [0.4, 0.5) is 5.69 Å². The smallest absolute Gasteiger partial charge is 0.224 e. The van der Waals surface area contributed by atoms with E-state index in [0.29, 0.717) is 24.7 Å². The van der Waals surface area contributed by atoms with Gasteiger partial charge in [-0.25, -0.2) is 0 Å². The topological polar surface area (TPSA) is 100 Å². The zero-order chi connectivity index (χ0) is 29.7. The van der Waals surface area contributed by atoms with Crippen molar-refractivity contribution in [3.05, 3.63) is 77.9 Å². The second-order valence-electron chi connectivity index (χ2n) is 11.5. The number of aliphatic hydroxyl groups excluding tert-OH is 1. The van der Waals surface area contributed by atoms with E-state index in [0.717, 1.165) is 55.5 Å². The third-order valence-electron chi connectivity index (χ3n) is 8.15. The van der Waals surface area contributed by atoms with Crippen LogP contribution in [0.3, 0.4) is 0 Å². The minimum atomic E-state index is -0.578. The second kappa shape index (κ2) is 16.6. The van der Waals surface area contributed by atoms with Crippen molar-refractivity contribution in [2.75, 3.05) is 25.0 Å². The summed E-state index contributed by atoms with van der Waals surface area (Å²) in [6, 6.07) is 16.2. The fraction of sp³-hybridized carbons (Fsp3) is 0.529. The van der Waals surface area contributed by atoms with Crippen LogP contribution in [0, 0.1) is 0 Å². The molecule has 0 bridgehead atoms. The van der Waals surface area contributed by atoms with E-state index in [1.807, 2.05) is 54.6 Å². The summed E-state index contributed by atoms with van der Waals surface area (Å²) >= 11 is 0. The van der Waals surface area contributed by atoms with Gasteiger partial charge in [0, 0.05) is 56.7 Å². The Labute approximate surface area is 250 Å². The Bertz CT molecular complexity index is 1150. The lowest BCUT2D eigenvalue weighted by molar-refractivity contribution is -0.253. The Balaban J connectivity index is 1.43. The normalized spacial score (nSPS) is 20.9. The van der Waals surface area contributed by atoms with Crippen molar-refractivity contribution in [1.82, 2.24) is 10.2 Å². The Hall–Kier alpha value is -3.04. The Kier molecular flexibility index (Phi) is 12.6. The van der Waals surface area contributed by atoms with Gasteiger partial charge in [0.15, 0.2) is 6.29 Å². The molecule has 1 aliphatic carbocycles. The van der Waals surface area contributed by atoms with Gasteiger partial charge in [0.25, 0.3) is 0 Å². The molecule has 1 saturated heterocycles. The summed E-state index contributed by atoms with van der Waals surface area (Å²) in [5.41, 5.74) is 3.51. The maximum Gasteiger partial charge on any atom is 0.224 e. The summed E-state index contributed by atoms with van der Waals surface area (Å²) in [6.07, 6.45) is 9.82. The van der Waals surface area contributed by atoms with E-state index in [4.69, 9.17) is 9.47 Å². The number of hydrogen-bond donors (Lipinski definition) is 3. The lowest BCUT2D eigenvalue weighted by atomic mass is 9.99. The third-order valence-corrected chi connectivity index (χ3v) is 8.15. The van der Waals surface area contributed by atoms with E-state index in [1.54, 1.807) is 0 Å². The first-order valence-electron chi connectivity index (χ1n) is 15.4. The standard InChI is InChI=1S/C34H47N3O5/c1-3-20-37(30-12-6-7-13-30)23-31-22-32(27-17-15-26(24-38)16-18-27)42-34(41-31)28-10-9-11-29(21-28)36-33(40)14-5-4-8-19-35-25(2)39/h3,9-11,15-18,21,30-32,34,38H,1,4-8,12-14,19-20,22-24H2,2H3,(H,35,39)(H,36,40). The molecule has 2 aliphatic rings. The second-order valence-corrected chi connectivity index (χ2v) is 11.5. The molecule has 0 aromatic heterocycles. The molecule has 3 unspecified atom stereocenters. The van der Waals surface area contributed by atoms with Gasteiger partial charge in [-0.1, -0.05) is 61.7 Å². The average Bonchev–Trinajstić information content (AvgIpc) is 3.54. The van der Waals surface area contributed by atoms with Gasteiger partial charge in [0.05, 0.1) is 18.8 Å². The molecule has 1 heterocycles. The third kappa shape index (κ3) is 9.76. The highest BCUT2D eigenvalue weighted by Gasteiger charge is 2.34. The SMILES string of the molecule is C=CCN(CC1CC(c2ccc(CO)cc2)OC(c2cccc(NC(=O)CCCCCNC(C)=O)c2)O1)C1CCCC1. The van der Waals surface area contributed by atoms with E-state index in [9.17, 15) is 14.7 Å². The van der Waals surface area contributed by atoms with E-state index in [1.165, 1.54) is 32.6 Å². The van der Waals surface area contributed by atoms with Gasteiger partial charge in [-0.05, 0) is 48.9 Å². The number of amides is 2. The van der Waals surface area contributed by atoms with Crippen LogP contribution in [0.15, 0.2) is 61.2 Å². The van der Waals surface area contributed by atoms with Crippen LogP contribution in [-0.2, 0) is 25.7 Å². The van der Waals surface area contributed by atoms with Crippen molar-refractivity contribution in [3.8, 4) is 0 Å². The van der Waals surface area contributed by atoms with Gasteiger partial charge in [-0.2, -0.15) is 0 Å². The van der Waals surface area contributed by atoms with Crippen molar-refractivity contribution in [2.45, 2.75) is 95.9 Å². The quantitative estimate of drug-likeness (QED) is 0.183. The molecular formula is C34H47N3O5. The van der Waals surface area contributed by atoms with Crippen LogP contribution in [-0.4, -0.2) is 53.6 Å². The van der Waals surface area contributed by atoms with Crippen LogP contribution in [0.5, 0.6) is 0 Å². The van der Waals surface area contributed by atoms with Crippen LogP contribution in [0.25, 0.3) is 0 Å². The maximum absolute atomic E-state index is 12.6. The van der Waals surface area contributed by atoms with Crippen molar-refractivity contribution >= 4 is 17.5 Å². The van der Waals surface area contributed by atoms with Crippen molar-refractivity contribution in [2.24, 2.45) is 0 Å². The average molecular weight is 578 g/mol. The molecule has 2 fully saturated rings. The van der Waals surface area contributed by atoms with Crippen molar-refractivity contribution < 1.29 is 24.2 Å². The number of nitrogens with zero attached hydrogens (tertiary/aromatic N) is 1. The van der Waals surface area contributed by atoms with E-state index in [-0.39, 0.29) is 30.6 Å².